The van der Waals surface area contributed by atoms with Crippen LogP contribution in [0.3, 0.4) is 0 Å². The smallest absolute Gasteiger partial charge is 0.135 e. The molecular formula is C26H27N3O. The Morgan fingerprint density at radius 1 is 0.800 bits per heavy atom. The number of fused-ring (bicyclic) bond motifs is 1. The van der Waals surface area contributed by atoms with Gasteiger partial charge in [0.2, 0.25) is 0 Å². The molecule has 30 heavy (non-hydrogen) atoms. The average molecular weight is 398 g/mol. The molecule has 0 spiro atoms. The van der Waals surface area contributed by atoms with Crippen LogP contribution in [-0.2, 0) is 0 Å². The Kier molecular flexibility index (Phi) is 5.96. The van der Waals surface area contributed by atoms with E-state index in [0.717, 1.165) is 46.7 Å². The Morgan fingerprint density at radius 3 is 2.17 bits per heavy atom. The number of nitrogens with one attached hydrogen (secondary N) is 1. The fourth-order valence-electron chi connectivity index (χ4n) is 3.68. The Hall–Kier alpha value is -3.37. The third kappa shape index (κ3) is 4.14. The van der Waals surface area contributed by atoms with Crippen LogP contribution in [0.4, 0.5) is 5.82 Å². The third-order valence-corrected chi connectivity index (χ3v) is 5.19. The van der Waals surface area contributed by atoms with Gasteiger partial charge in [0.15, 0.2) is 0 Å². The van der Waals surface area contributed by atoms with E-state index in [0.29, 0.717) is 0 Å². The Balaban J connectivity index is 1.97. The van der Waals surface area contributed by atoms with Gasteiger partial charge in [0, 0.05) is 29.6 Å². The van der Waals surface area contributed by atoms with Gasteiger partial charge in [-0.1, -0.05) is 60.7 Å². The van der Waals surface area contributed by atoms with Gasteiger partial charge in [-0.05, 0) is 43.4 Å². The molecule has 4 nitrogen and oxygen atoms in total. The predicted molar refractivity (Wildman–Crippen MR) is 126 cm³/mol. The molecule has 0 saturated carbocycles. The van der Waals surface area contributed by atoms with Crippen LogP contribution in [0.25, 0.3) is 33.2 Å². The molecule has 0 radical (unpaired) electrons. The fraction of sp³-hybridized carbons (Fsp3) is 0.192. The second kappa shape index (κ2) is 8.97. The standard InChI is InChI=1S/C26H27N3O/c1-29(2)18-17-27-26-25(20-13-15-21(30-3)16-14-20)24(19-9-5-4-6-10-19)22-11-7-8-12-23(22)28-26/h4-16H,17-18H2,1-3H3,(H,27,28). The van der Waals surface area contributed by atoms with Crippen LogP contribution in [0.5, 0.6) is 5.75 Å². The SMILES string of the molecule is COc1ccc(-c2c(NCCN(C)C)nc3ccccc3c2-c2ccccc2)cc1. The highest BCUT2D eigenvalue weighted by molar-refractivity contribution is 6.06. The van der Waals surface area contributed by atoms with Crippen molar-refractivity contribution in [3.05, 3.63) is 78.9 Å². The molecule has 152 valence electrons. The van der Waals surface area contributed by atoms with Crippen molar-refractivity contribution in [2.24, 2.45) is 0 Å². The summed E-state index contributed by atoms with van der Waals surface area (Å²) in [6, 6.07) is 27.1. The van der Waals surface area contributed by atoms with Crippen molar-refractivity contribution in [3.8, 4) is 28.0 Å². The van der Waals surface area contributed by atoms with Crippen molar-refractivity contribution < 1.29 is 4.74 Å². The maximum Gasteiger partial charge on any atom is 0.135 e. The molecule has 4 aromatic rings. The minimum Gasteiger partial charge on any atom is -0.497 e. The molecule has 0 fully saturated rings. The zero-order valence-electron chi connectivity index (χ0n) is 17.7. The molecule has 4 rings (SSSR count). The quantitative estimate of drug-likeness (QED) is 0.444. The van der Waals surface area contributed by atoms with E-state index in [1.54, 1.807) is 7.11 Å². The normalized spacial score (nSPS) is 11.1. The van der Waals surface area contributed by atoms with Crippen molar-refractivity contribution in [1.82, 2.24) is 9.88 Å². The van der Waals surface area contributed by atoms with Crippen LogP contribution in [0.1, 0.15) is 0 Å². The summed E-state index contributed by atoms with van der Waals surface area (Å²) in [6.07, 6.45) is 0. The number of hydrogen-bond acceptors (Lipinski definition) is 4. The van der Waals surface area contributed by atoms with Gasteiger partial charge in [-0.15, -0.1) is 0 Å². The minimum absolute atomic E-state index is 0.815. The topological polar surface area (TPSA) is 37.4 Å². The summed E-state index contributed by atoms with van der Waals surface area (Å²) in [6.45, 7) is 1.74. The summed E-state index contributed by atoms with van der Waals surface area (Å²) in [5.74, 6) is 1.75. The van der Waals surface area contributed by atoms with Gasteiger partial charge in [-0.2, -0.15) is 0 Å². The highest BCUT2D eigenvalue weighted by Gasteiger charge is 2.18. The largest absolute Gasteiger partial charge is 0.497 e. The van der Waals surface area contributed by atoms with Gasteiger partial charge in [0.25, 0.3) is 0 Å². The number of pyridine rings is 1. The van der Waals surface area contributed by atoms with E-state index in [-0.39, 0.29) is 0 Å². The summed E-state index contributed by atoms with van der Waals surface area (Å²) in [5, 5.41) is 4.74. The van der Waals surface area contributed by atoms with Crippen LogP contribution in [0.2, 0.25) is 0 Å². The average Bonchev–Trinajstić information content (AvgIpc) is 2.78. The maximum absolute atomic E-state index is 5.37. The molecule has 1 N–H and O–H groups in total. The van der Waals surface area contributed by atoms with Crippen LogP contribution in [0.15, 0.2) is 78.9 Å². The van der Waals surface area contributed by atoms with E-state index in [1.165, 1.54) is 11.1 Å². The van der Waals surface area contributed by atoms with Crippen molar-refractivity contribution in [3.63, 3.8) is 0 Å². The molecule has 1 heterocycles. The van der Waals surface area contributed by atoms with Gasteiger partial charge in [0.1, 0.15) is 11.6 Å². The second-order valence-electron chi connectivity index (χ2n) is 7.55. The molecule has 0 aliphatic heterocycles. The molecule has 0 saturated heterocycles. The Morgan fingerprint density at radius 2 is 1.47 bits per heavy atom. The number of hydrogen-bond donors (Lipinski definition) is 1. The Labute approximate surface area is 178 Å². The summed E-state index contributed by atoms with van der Waals surface area (Å²) < 4.78 is 5.37. The van der Waals surface area contributed by atoms with E-state index in [1.807, 2.05) is 18.2 Å². The highest BCUT2D eigenvalue weighted by Crippen LogP contribution is 2.42. The van der Waals surface area contributed by atoms with Gasteiger partial charge in [-0.25, -0.2) is 4.98 Å². The number of ether oxygens (including phenoxy) is 1. The lowest BCUT2D eigenvalue weighted by atomic mass is 9.91. The van der Waals surface area contributed by atoms with E-state index in [2.05, 4.69) is 85.0 Å². The molecule has 0 unspecified atom stereocenters. The van der Waals surface area contributed by atoms with Crippen LogP contribution in [0, 0.1) is 0 Å². The molecule has 3 aromatic carbocycles. The minimum atomic E-state index is 0.815. The number of nitrogens with zero attached hydrogens (tertiary/aromatic N) is 2. The second-order valence-corrected chi connectivity index (χ2v) is 7.55. The lowest BCUT2D eigenvalue weighted by molar-refractivity contribution is 0.415. The zero-order valence-corrected chi connectivity index (χ0v) is 17.7. The summed E-state index contributed by atoms with van der Waals surface area (Å²) in [7, 11) is 5.85. The highest BCUT2D eigenvalue weighted by atomic mass is 16.5. The predicted octanol–water partition coefficient (Wildman–Crippen LogP) is 5.55. The first-order chi connectivity index (χ1) is 14.7. The van der Waals surface area contributed by atoms with Crippen molar-refractivity contribution >= 4 is 16.7 Å². The molecule has 0 aliphatic carbocycles. The summed E-state index contributed by atoms with van der Waals surface area (Å²) >= 11 is 0. The van der Waals surface area contributed by atoms with Crippen LogP contribution in [-0.4, -0.2) is 44.2 Å². The molecule has 0 amide bonds. The van der Waals surface area contributed by atoms with Crippen LogP contribution < -0.4 is 10.1 Å². The molecule has 1 aromatic heterocycles. The molecule has 0 atom stereocenters. The lowest BCUT2D eigenvalue weighted by Crippen LogP contribution is -2.21. The van der Waals surface area contributed by atoms with Gasteiger partial charge < -0.3 is 15.0 Å². The van der Waals surface area contributed by atoms with Crippen molar-refractivity contribution in [2.75, 3.05) is 39.6 Å². The van der Waals surface area contributed by atoms with E-state index >= 15 is 0 Å². The number of para-hydroxylation sites is 1. The summed E-state index contributed by atoms with van der Waals surface area (Å²) in [5.41, 5.74) is 5.58. The van der Waals surface area contributed by atoms with Crippen molar-refractivity contribution in [2.45, 2.75) is 0 Å². The van der Waals surface area contributed by atoms with E-state index in [4.69, 9.17) is 9.72 Å². The first-order valence-electron chi connectivity index (χ1n) is 10.2. The molecule has 0 aliphatic rings. The molecular weight excluding hydrogens is 370 g/mol. The fourth-order valence-corrected chi connectivity index (χ4v) is 3.68. The lowest BCUT2D eigenvalue weighted by Gasteiger charge is -2.20. The summed E-state index contributed by atoms with van der Waals surface area (Å²) in [4.78, 5) is 7.18. The number of anilines is 1. The number of likely N-dealkylation sites (N-methyl/N-ethyl adjacent to an activating group) is 1. The molecule has 4 heteroatoms. The van der Waals surface area contributed by atoms with Gasteiger partial charge >= 0.3 is 0 Å². The Bertz CT molecular complexity index is 1120. The number of benzene rings is 3. The maximum atomic E-state index is 5.37. The first kappa shape index (κ1) is 19.9. The van der Waals surface area contributed by atoms with Crippen molar-refractivity contribution in [1.29, 1.82) is 0 Å². The first-order valence-corrected chi connectivity index (χ1v) is 10.2. The van der Waals surface area contributed by atoms with Gasteiger partial charge in [-0.3, -0.25) is 0 Å². The zero-order chi connectivity index (χ0) is 20.9. The molecule has 0 bridgehead atoms. The van der Waals surface area contributed by atoms with E-state index < -0.39 is 0 Å². The monoisotopic (exact) mass is 397 g/mol. The van der Waals surface area contributed by atoms with E-state index in [9.17, 15) is 0 Å². The third-order valence-electron chi connectivity index (χ3n) is 5.19. The number of rotatable bonds is 7. The number of methoxy groups -OCH3 is 1. The van der Waals surface area contributed by atoms with Gasteiger partial charge in [0.05, 0.1) is 12.6 Å². The van der Waals surface area contributed by atoms with Crippen LogP contribution >= 0.6 is 0 Å². The number of aromatic nitrogens is 1.